The van der Waals surface area contributed by atoms with Gasteiger partial charge in [0, 0.05) is 24.9 Å². The zero-order valence-electron chi connectivity index (χ0n) is 13.0. The lowest BCUT2D eigenvalue weighted by molar-refractivity contribution is -0.138. The van der Waals surface area contributed by atoms with Crippen molar-refractivity contribution in [2.24, 2.45) is 5.92 Å². The third-order valence-electron chi connectivity index (χ3n) is 5.14. The van der Waals surface area contributed by atoms with Gasteiger partial charge in [0.05, 0.1) is 6.10 Å². The SMILES string of the molecule is CCCCCC(=O)N1CCCCC1C1CCCCC1O. The molecule has 2 fully saturated rings. The lowest BCUT2D eigenvalue weighted by Gasteiger charge is -2.43. The Hall–Kier alpha value is -0.570. The third kappa shape index (κ3) is 3.97. The summed E-state index contributed by atoms with van der Waals surface area (Å²) < 4.78 is 0. The van der Waals surface area contributed by atoms with Crippen LogP contribution in [0, 0.1) is 5.92 Å². The molecule has 1 aliphatic heterocycles. The number of hydrogen-bond donors (Lipinski definition) is 1. The van der Waals surface area contributed by atoms with Crippen molar-refractivity contribution in [3.05, 3.63) is 0 Å². The standard InChI is InChI=1S/C17H31NO2/c1-2-3-4-12-17(20)18-13-8-7-10-15(18)14-9-5-6-11-16(14)19/h14-16,19H,2-13H2,1H3. The molecule has 0 aromatic heterocycles. The van der Waals surface area contributed by atoms with E-state index >= 15 is 0 Å². The lowest BCUT2D eigenvalue weighted by atomic mass is 9.78. The Morgan fingerprint density at radius 3 is 2.60 bits per heavy atom. The Kier molecular flexibility index (Phi) is 6.34. The van der Waals surface area contributed by atoms with Crippen molar-refractivity contribution in [3.63, 3.8) is 0 Å². The molecule has 1 aliphatic carbocycles. The van der Waals surface area contributed by atoms with Crippen LogP contribution in [0.5, 0.6) is 0 Å². The van der Waals surface area contributed by atoms with Crippen LogP contribution in [-0.4, -0.2) is 34.6 Å². The molecular weight excluding hydrogens is 250 g/mol. The van der Waals surface area contributed by atoms with E-state index < -0.39 is 0 Å². The maximum Gasteiger partial charge on any atom is 0.222 e. The van der Waals surface area contributed by atoms with Gasteiger partial charge in [0.2, 0.25) is 5.91 Å². The van der Waals surface area contributed by atoms with Gasteiger partial charge in [-0.15, -0.1) is 0 Å². The first-order valence-electron chi connectivity index (χ1n) is 8.71. The second kappa shape index (κ2) is 8.02. The van der Waals surface area contributed by atoms with E-state index in [9.17, 15) is 9.90 Å². The number of hydrogen-bond acceptors (Lipinski definition) is 2. The van der Waals surface area contributed by atoms with E-state index in [0.29, 0.717) is 24.3 Å². The Morgan fingerprint density at radius 2 is 1.85 bits per heavy atom. The van der Waals surface area contributed by atoms with Crippen LogP contribution in [0.15, 0.2) is 0 Å². The minimum absolute atomic E-state index is 0.183. The molecule has 116 valence electrons. The summed E-state index contributed by atoms with van der Waals surface area (Å²) in [6, 6.07) is 0.313. The summed E-state index contributed by atoms with van der Waals surface area (Å²) in [6.45, 7) is 3.09. The number of amides is 1. The number of piperidine rings is 1. The van der Waals surface area contributed by atoms with Crippen LogP contribution in [0.1, 0.15) is 77.6 Å². The highest BCUT2D eigenvalue weighted by Crippen LogP contribution is 2.34. The minimum atomic E-state index is -0.183. The molecule has 20 heavy (non-hydrogen) atoms. The molecule has 2 rings (SSSR count). The van der Waals surface area contributed by atoms with E-state index in [0.717, 1.165) is 57.9 Å². The van der Waals surface area contributed by atoms with Crippen molar-refractivity contribution in [3.8, 4) is 0 Å². The molecule has 0 bridgehead atoms. The highest BCUT2D eigenvalue weighted by molar-refractivity contribution is 5.76. The fraction of sp³-hybridized carbons (Fsp3) is 0.941. The largest absolute Gasteiger partial charge is 0.393 e. The first-order chi connectivity index (χ1) is 9.74. The normalized spacial score (nSPS) is 31.3. The van der Waals surface area contributed by atoms with Crippen molar-refractivity contribution >= 4 is 5.91 Å². The number of carbonyl (C=O) groups excluding carboxylic acids is 1. The van der Waals surface area contributed by atoms with Crippen molar-refractivity contribution in [2.75, 3.05) is 6.54 Å². The van der Waals surface area contributed by atoms with Crippen LogP contribution in [-0.2, 0) is 4.79 Å². The summed E-state index contributed by atoms with van der Waals surface area (Å²) >= 11 is 0. The van der Waals surface area contributed by atoms with Gasteiger partial charge in [-0.05, 0) is 38.5 Å². The van der Waals surface area contributed by atoms with E-state index in [1.54, 1.807) is 0 Å². The molecule has 0 aromatic rings. The molecule has 1 saturated heterocycles. The fourth-order valence-electron chi connectivity index (χ4n) is 3.97. The first kappa shape index (κ1) is 15.8. The van der Waals surface area contributed by atoms with E-state index in [1.807, 2.05) is 0 Å². The summed E-state index contributed by atoms with van der Waals surface area (Å²) in [5, 5.41) is 10.3. The molecule has 1 N–H and O–H groups in total. The van der Waals surface area contributed by atoms with Crippen LogP contribution in [0.3, 0.4) is 0 Å². The summed E-state index contributed by atoms with van der Waals surface area (Å²) in [5.74, 6) is 0.667. The topological polar surface area (TPSA) is 40.5 Å². The molecule has 3 unspecified atom stereocenters. The Bertz CT molecular complexity index is 305. The molecule has 3 nitrogen and oxygen atoms in total. The zero-order chi connectivity index (χ0) is 14.4. The highest BCUT2D eigenvalue weighted by atomic mass is 16.3. The van der Waals surface area contributed by atoms with Gasteiger partial charge < -0.3 is 10.0 Å². The highest BCUT2D eigenvalue weighted by Gasteiger charge is 2.37. The second-order valence-electron chi connectivity index (χ2n) is 6.62. The first-order valence-corrected chi connectivity index (χ1v) is 8.71. The molecule has 2 aliphatic rings. The maximum absolute atomic E-state index is 12.5. The van der Waals surface area contributed by atoms with Crippen LogP contribution in [0.2, 0.25) is 0 Å². The van der Waals surface area contributed by atoms with Crippen molar-refractivity contribution in [1.82, 2.24) is 4.90 Å². The third-order valence-corrected chi connectivity index (χ3v) is 5.14. The number of nitrogens with zero attached hydrogens (tertiary/aromatic N) is 1. The van der Waals surface area contributed by atoms with Gasteiger partial charge in [0.25, 0.3) is 0 Å². The van der Waals surface area contributed by atoms with Crippen LogP contribution in [0.25, 0.3) is 0 Å². The minimum Gasteiger partial charge on any atom is -0.393 e. The van der Waals surface area contributed by atoms with Gasteiger partial charge >= 0.3 is 0 Å². The summed E-state index contributed by atoms with van der Waals surface area (Å²) in [4.78, 5) is 14.6. The van der Waals surface area contributed by atoms with Crippen LogP contribution >= 0.6 is 0 Å². The summed E-state index contributed by atoms with van der Waals surface area (Å²) in [7, 11) is 0. The van der Waals surface area contributed by atoms with Crippen molar-refractivity contribution in [1.29, 1.82) is 0 Å². The van der Waals surface area contributed by atoms with Crippen molar-refractivity contribution < 1.29 is 9.90 Å². The summed E-state index contributed by atoms with van der Waals surface area (Å²) in [5.41, 5.74) is 0. The Balaban J connectivity index is 1.95. The van der Waals surface area contributed by atoms with E-state index in [2.05, 4.69) is 11.8 Å². The lowest BCUT2D eigenvalue weighted by Crippen LogP contribution is -2.51. The molecule has 1 heterocycles. The Labute approximate surface area is 123 Å². The van der Waals surface area contributed by atoms with Gasteiger partial charge in [-0.25, -0.2) is 0 Å². The fourth-order valence-corrected chi connectivity index (χ4v) is 3.97. The van der Waals surface area contributed by atoms with Gasteiger partial charge in [-0.2, -0.15) is 0 Å². The molecule has 3 heteroatoms. The van der Waals surface area contributed by atoms with Crippen LogP contribution in [0.4, 0.5) is 0 Å². The predicted molar refractivity (Wildman–Crippen MR) is 81.5 cm³/mol. The quantitative estimate of drug-likeness (QED) is 0.784. The monoisotopic (exact) mass is 281 g/mol. The number of rotatable bonds is 5. The smallest absolute Gasteiger partial charge is 0.222 e. The number of aliphatic hydroxyl groups is 1. The van der Waals surface area contributed by atoms with E-state index in [-0.39, 0.29) is 6.10 Å². The number of aliphatic hydroxyl groups excluding tert-OH is 1. The average molecular weight is 281 g/mol. The Morgan fingerprint density at radius 1 is 1.10 bits per heavy atom. The average Bonchev–Trinajstić information content (AvgIpc) is 2.48. The zero-order valence-corrected chi connectivity index (χ0v) is 13.0. The number of unbranched alkanes of at least 4 members (excludes halogenated alkanes) is 2. The predicted octanol–water partition coefficient (Wildman–Crippen LogP) is 3.50. The van der Waals surface area contributed by atoms with Gasteiger partial charge in [-0.3, -0.25) is 4.79 Å². The molecule has 1 amide bonds. The molecule has 0 radical (unpaired) electrons. The van der Waals surface area contributed by atoms with E-state index in [1.165, 1.54) is 12.8 Å². The van der Waals surface area contributed by atoms with Gasteiger partial charge in [-0.1, -0.05) is 32.6 Å². The molecule has 0 aromatic carbocycles. The maximum atomic E-state index is 12.5. The van der Waals surface area contributed by atoms with Gasteiger partial charge in [0.15, 0.2) is 0 Å². The molecular formula is C17H31NO2. The molecule has 0 spiro atoms. The summed E-state index contributed by atoms with van der Waals surface area (Å²) in [6.07, 6.45) is 11.7. The van der Waals surface area contributed by atoms with Crippen LogP contribution < -0.4 is 0 Å². The number of carbonyl (C=O) groups is 1. The van der Waals surface area contributed by atoms with Gasteiger partial charge in [0.1, 0.15) is 0 Å². The molecule has 3 atom stereocenters. The number of likely N-dealkylation sites (tertiary alicyclic amines) is 1. The van der Waals surface area contributed by atoms with E-state index in [4.69, 9.17) is 0 Å². The second-order valence-corrected chi connectivity index (χ2v) is 6.62. The van der Waals surface area contributed by atoms with Crippen molar-refractivity contribution in [2.45, 2.75) is 89.7 Å². The molecule has 1 saturated carbocycles.